The van der Waals surface area contributed by atoms with Crippen molar-refractivity contribution >= 4 is 22.6 Å². The third kappa shape index (κ3) is 1.73. The lowest BCUT2D eigenvalue weighted by molar-refractivity contribution is -0.383. The molecule has 2 N–H and O–H groups in total. The average Bonchev–Trinajstić information content (AvgIpc) is 2.26. The number of nitro benzene ring substituents is 1. The molecule has 7 heteroatoms. The van der Waals surface area contributed by atoms with E-state index in [4.69, 9.17) is 10.2 Å². The molecule has 0 aliphatic rings. The Balaban J connectivity index is 2.87. The molecule has 0 saturated heterocycles. The molecule has 0 bridgehead atoms. The predicted molar refractivity (Wildman–Crippen MR) is 57.7 cm³/mol. The molecule has 1 heterocycles. The number of rotatable bonds is 2. The van der Waals surface area contributed by atoms with Gasteiger partial charge in [0.2, 0.25) is 5.58 Å². The molecule has 1 aromatic carbocycles. The second-order valence-electron chi connectivity index (χ2n) is 3.26. The van der Waals surface area contributed by atoms with Gasteiger partial charge >= 0.3 is 11.3 Å². The highest BCUT2D eigenvalue weighted by molar-refractivity contribution is 5.96. The van der Waals surface area contributed by atoms with Crippen molar-refractivity contribution in [2.45, 2.75) is 0 Å². The molecular weight excluding hydrogens is 228 g/mol. The standard InChI is InChI=1S/C10H6N2O5/c11-9(13)6-4-5-2-1-3-7(12(15)16)8(5)17-10(6)14/h1-4H,(H2,11,13). The largest absolute Gasteiger partial charge is 0.415 e. The van der Waals surface area contributed by atoms with Crippen LogP contribution in [-0.4, -0.2) is 10.8 Å². The molecule has 2 aromatic rings. The van der Waals surface area contributed by atoms with Crippen molar-refractivity contribution in [1.82, 2.24) is 0 Å². The summed E-state index contributed by atoms with van der Waals surface area (Å²) in [7, 11) is 0. The van der Waals surface area contributed by atoms with Crippen LogP contribution in [0.4, 0.5) is 5.69 Å². The van der Waals surface area contributed by atoms with Crippen molar-refractivity contribution in [2.75, 3.05) is 0 Å². The lowest BCUT2D eigenvalue weighted by atomic mass is 10.1. The molecule has 0 saturated carbocycles. The number of amides is 1. The Morgan fingerprint density at radius 3 is 2.71 bits per heavy atom. The predicted octanol–water partition coefficient (Wildman–Crippen LogP) is 0.800. The van der Waals surface area contributed by atoms with Gasteiger partial charge in [-0.2, -0.15) is 0 Å². The van der Waals surface area contributed by atoms with Gasteiger partial charge in [-0.25, -0.2) is 4.79 Å². The van der Waals surface area contributed by atoms with Crippen molar-refractivity contribution in [3.05, 3.63) is 50.4 Å². The van der Waals surface area contributed by atoms with Gasteiger partial charge in [-0.1, -0.05) is 12.1 Å². The fraction of sp³-hybridized carbons (Fsp3) is 0. The molecule has 7 nitrogen and oxygen atoms in total. The number of non-ortho nitro benzene ring substituents is 1. The zero-order valence-electron chi connectivity index (χ0n) is 8.38. The molecule has 0 spiro atoms. The van der Waals surface area contributed by atoms with Crippen LogP contribution in [0.15, 0.2) is 33.5 Å². The van der Waals surface area contributed by atoms with Crippen LogP contribution in [0.25, 0.3) is 11.0 Å². The normalized spacial score (nSPS) is 10.4. The molecule has 2 rings (SSSR count). The maximum absolute atomic E-state index is 11.4. The van der Waals surface area contributed by atoms with Gasteiger partial charge in [-0.05, 0) is 6.07 Å². The highest BCUT2D eigenvalue weighted by atomic mass is 16.6. The molecule has 0 aliphatic heterocycles. The molecule has 0 fully saturated rings. The first-order valence-corrected chi connectivity index (χ1v) is 4.52. The van der Waals surface area contributed by atoms with E-state index in [0.29, 0.717) is 0 Å². The first-order chi connectivity index (χ1) is 8.00. The number of primary amides is 1. The Kier molecular flexibility index (Phi) is 2.36. The van der Waals surface area contributed by atoms with E-state index in [2.05, 4.69) is 0 Å². The minimum atomic E-state index is -0.987. The lowest BCUT2D eigenvalue weighted by Crippen LogP contribution is -2.20. The summed E-state index contributed by atoms with van der Waals surface area (Å²) in [6.45, 7) is 0. The van der Waals surface area contributed by atoms with Crippen LogP contribution in [0.2, 0.25) is 0 Å². The summed E-state index contributed by atoms with van der Waals surface area (Å²) in [4.78, 5) is 32.3. The molecule has 86 valence electrons. The van der Waals surface area contributed by atoms with Crippen LogP contribution in [0.3, 0.4) is 0 Å². The van der Waals surface area contributed by atoms with Gasteiger partial charge in [-0.15, -0.1) is 0 Å². The van der Waals surface area contributed by atoms with Gasteiger partial charge in [0.05, 0.1) is 4.92 Å². The smallest absolute Gasteiger partial charge is 0.349 e. The van der Waals surface area contributed by atoms with Gasteiger partial charge in [0, 0.05) is 11.5 Å². The van der Waals surface area contributed by atoms with E-state index in [-0.39, 0.29) is 22.2 Å². The van der Waals surface area contributed by atoms with Crippen molar-refractivity contribution < 1.29 is 14.1 Å². The highest BCUT2D eigenvalue weighted by Crippen LogP contribution is 2.24. The zero-order chi connectivity index (χ0) is 12.6. The van der Waals surface area contributed by atoms with E-state index in [0.717, 1.165) is 0 Å². The fourth-order valence-corrected chi connectivity index (χ4v) is 1.44. The average molecular weight is 234 g/mol. The van der Waals surface area contributed by atoms with E-state index in [1.807, 2.05) is 0 Å². The fourth-order valence-electron chi connectivity index (χ4n) is 1.44. The maximum Gasteiger partial charge on any atom is 0.349 e. The molecule has 17 heavy (non-hydrogen) atoms. The van der Waals surface area contributed by atoms with Crippen molar-refractivity contribution in [3.8, 4) is 0 Å². The first-order valence-electron chi connectivity index (χ1n) is 4.52. The summed E-state index contributed by atoms with van der Waals surface area (Å²) >= 11 is 0. The van der Waals surface area contributed by atoms with Gasteiger partial charge < -0.3 is 10.2 Å². The Morgan fingerprint density at radius 1 is 1.41 bits per heavy atom. The molecule has 0 atom stereocenters. The minimum absolute atomic E-state index is 0.174. The van der Waals surface area contributed by atoms with E-state index >= 15 is 0 Å². The van der Waals surface area contributed by atoms with Crippen LogP contribution in [0, 0.1) is 10.1 Å². The third-order valence-electron chi connectivity index (χ3n) is 2.20. The van der Waals surface area contributed by atoms with Gasteiger partial charge in [0.1, 0.15) is 5.56 Å². The Labute approximate surface area is 93.6 Å². The van der Waals surface area contributed by atoms with Crippen LogP contribution in [0.1, 0.15) is 10.4 Å². The van der Waals surface area contributed by atoms with Crippen molar-refractivity contribution in [3.63, 3.8) is 0 Å². The molecule has 1 aromatic heterocycles. The number of carbonyl (C=O) groups excluding carboxylic acids is 1. The van der Waals surface area contributed by atoms with Crippen molar-refractivity contribution in [1.29, 1.82) is 0 Å². The number of hydrogen-bond acceptors (Lipinski definition) is 5. The number of nitrogens with zero attached hydrogens (tertiary/aromatic N) is 1. The number of para-hydroxylation sites is 1. The van der Waals surface area contributed by atoms with Crippen molar-refractivity contribution in [2.24, 2.45) is 5.73 Å². The molecule has 0 radical (unpaired) electrons. The van der Waals surface area contributed by atoms with E-state index in [9.17, 15) is 19.7 Å². The Hall–Kier alpha value is -2.70. The Bertz CT molecular complexity index is 689. The quantitative estimate of drug-likeness (QED) is 0.468. The van der Waals surface area contributed by atoms with Gasteiger partial charge in [-0.3, -0.25) is 14.9 Å². The summed E-state index contributed by atoms with van der Waals surface area (Å²) < 4.78 is 4.75. The van der Waals surface area contributed by atoms with E-state index in [1.54, 1.807) is 0 Å². The highest BCUT2D eigenvalue weighted by Gasteiger charge is 2.17. The maximum atomic E-state index is 11.4. The lowest BCUT2D eigenvalue weighted by Gasteiger charge is -1.99. The number of fused-ring (bicyclic) bond motifs is 1. The third-order valence-corrected chi connectivity index (χ3v) is 2.20. The molecular formula is C10H6N2O5. The number of hydrogen-bond donors (Lipinski definition) is 1. The zero-order valence-corrected chi connectivity index (χ0v) is 8.38. The number of benzene rings is 1. The summed E-state index contributed by atoms with van der Waals surface area (Å²) in [5.74, 6) is -0.938. The minimum Gasteiger partial charge on any atom is -0.415 e. The van der Waals surface area contributed by atoms with Crippen LogP contribution >= 0.6 is 0 Å². The number of nitro groups is 1. The van der Waals surface area contributed by atoms with Gasteiger partial charge in [0.15, 0.2) is 0 Å². The summed E-state index contributed by atoms with van der Waals surface area (Å²) in [5, 5.41) is 11.0. The van der Waals surface area contributed by atoms with Crippen LogP contribution < -0.4 is 11.4 Å². The monoisotopic (exact) mass is 234 g/mol. The van der Waals surface area contributed by atoms with Crippen LogP contribution in [-0.2, 0) is 0 Å². The number of nitrogens with two attached hydrogens (primary N) is 1. The van der Waals surface area contributed by atoms with Gasteiger partial charge in [0.25, 0.3) is 5.91 Å². The van der Waals surface area contributed by atoms with Crippen LogP contribution in [0.5, 0.6) is 0 Å². The number of carbonyl (C=O) groups is 1. The van der Waals surface area contributed by atoms with E-state index in [1.165, 1.54) is 24.3 Å². The molecule has 1 amide bonds. The summed E-state index contributed by atoms with van der Waals surface area (Å²) in [6.07, 6.45) is 0. The first kappa shape index (κ1) is 10.8. The van der Waals surface area contributed by atoms with E-state index < -0.39 is 16.5 Å². The second kappa shape index (κ2) is 3.71. The molecule has 0 unspecified atom stereocenters. The summed E-state index contributed by atoms with van der Waals surface area (Å²) in [6, 6.07) is 5.29. The topological polar surface area (TPSA) is 116 Å². The Morgan fingerprint density at radius 2 is 2.12 bits per heavy atom. The SMILES string of the molecule is NC(=O)c1cc2cccc([N+](=O)[O-])c2oc1=O. The summed E-state index contributed by atoms with van der Waals surface area (Å²) in [5.41, 5.74) is 3.14. The second-order valence-corrected chi connectivity index (χ2v) is 3.26. The molecule has 0 aliphatic carbocycles.